The second-order valence-electron chi connectivity index (χ2n) is 4.62. The van der Waals surface area contributed by atoms with Gasteiger partial charge in [-0.1, -0.05) is 42.5 Å². The van der Waals surface area contributed by atoms with Crippen LogP contribution in [0.4, 0.5) is 5.69 Å². The van der Waals surface area contributed by atoms with Gasteiger partial charge in [-0.05, 0) is 17.7 Å². The number of para-hydroxylation sites is 2. The Morgan fingerprint density at radius 1 is 1.15 bits per heavy atom. The highest BCUT2D eigenvalue weighted by molar-refractivity contribution is 6.29. The molecule has 0 saturated carbocycles. The zero-order chi connectivity index (χ0) is 13.9. The van der Waals surface area contributed by atoms with Gasteiger partial charge in [-0.3, -0.25) is 4.79 Å². The van der Waals surface area contributed by atoms with Crippen molar-refractivity contribution in [3.63, 3.8) is 0 Å². The van der Waals surface area contributed by atoms with E-state index in [1.54, 1.807) is 4.90 Å². The number of halogens is 1. The number of carbonyl (C=O) groups is 1. The number of fused-ring (bicyclic) bond motifs is 1. The lowest BCUT2D eigenvalue weighted by atomic mass is 10.1. The van der Waals surface area contributed by atoms with Crippen molar-refractivity contribution in [2.24, 2.45) is 0 Å². The van der Waals surface area contributed by atoms with Gasteiger partial charge in [0.2, 0.25) is 5.91 Å². The Kier molecular flexibility index (Phi) is 3.61. The fourth-order valence-electron chi connectivity index (χ4n) is 2.38. The molecule has 1 aliphatic rings. The van der Waals surface area contributed by atoms with E-state index in [1.165, 1.54) is 0 Å². The predicted molar refractivity (Wildman–Crippen MR) is 79.3 cm³/mol. The molecule has 0 N–H and O–H groups in total. The van der Waals surface area contributed by atoms with Gasteiger partial charge in [0.25, 0.3) is 0 Å². The Morgan fingerprint density at radius 3 is 2.60 bits per heavy atom. The number of rotatable bonds is 2. The number of benzene rings is 2. The molecule has 1 aliphatic heterocycles. The Hall–Kier alpha value is -2.00. The number of nitrogens with zero attached hydrogens (tertiary/aromatic N) is 1. The number of ether oxygens (including phenoxy) is 1. The molecule has 0 spiro atoms. The summed E-state index contributed by atoms with van der Waals surface area (Å²) < 4.78 is 6.01. The van der Waals surface area contributed by atoms with Crippen molar-refractivity contribution in [1.82, 2.24) is 0 Å². The second kappa shape index (κ2) is 5.55. The minimum atomic E-state index is -0.168. The zero-order valence-corrected chi connectivity index (χ0v) is 11.6. The largest absolute Gasteiger partial charge is 0.482 e. The molecule has 0 aromatic heterocycles. The second-order valence-corrected chi connectivity index (χ2v) is 4.89. The maximum Gasteiger partial charge on any atom is 0.242 e. The molecule has 0 saturated heterocycles. The Balaban J connectivity index is 1.98. The molecule has 0 aliphatic carbocycles. The number of alkyl halides is 1. The molecule has 3 rings (SSSR count). The normalized spacial score (nSPS) is 17.2. The number of hydrogen-bond acceptors (Lipinski definition) is 2. The van der Waals surface area contributed by atoms with Crippen LogP contribution < -0.4 is 9.64 Å². The summed E-state index contributed by atoms with van der Waals surface area (Å²) in [6, 6.07) is 17.4. The highest BCUT2D eigenvalue weighted by Gasteiger charge is 2.29. The average Bonchev–Trinajstić information content (AvgIpc) is 2.54. The van der Waals surface area contributed by atoms with Crippen LogP contribution in [-0.4, -0.2) is 18.3 Å². The van der Waals surface area contributed by atoms with Gasteiger partial charge in [-0.25, -0.2) is 0 Å². The Morgan fingerprint density at radius 2 is 1.85 bits per heavy atom. The number of anilines is 1. The molecule has 1 atom stereocenters. The Bertz CT molecular complexity index is 615. The van der Waals surface area contributed by atoms with E-state index in [9.17, 15) is 4.79 Å². The van der Waals surface area contributed by atoms with E-state index in [2.05, 4.69) is 0 Å². The molecule has 102 valence electrons. The van der Waals surface area contributed by atoms with Crippen LogP contribution in [0.1, 0.15) is 11.7 Å². The maximum absolute atomic E-state index is 12.0. The van der Waals surface area contributed by atoms with Crippen LogP contribution in [0.2, 0.25) is 0 Å². The molecule has 2 aromatic carbocycles. The molecule has 4 heteroatoms. The van der Waals surface area contributed by atoms with Gasteiger partial charge in [0.15, 0.2) is 0 Å². The summed E-state index contributed by atoms with van der Waals surface area (Å²) in [6.07, 6.45) is -0.168. The van der Waals surface area contributed by atoms with E-state index >= 15 is 0 Å². The molecule has 20 heavy (non-hydrogen) atoms. The first-order chi connectivity index (χ1) is 9.79. The van der Waals surface area contributed by atoms with E-state index in [4.69, 9.17) is 16.3 Å². The van der Waals surface area contributed by atoms with Crippen molar-refractivity contribution < 1.29 is 9.53 Å². The minimum Gasteiger partial charge on any atom is -0.482 e. The molecule has 1 heterocycles. The molecular formula is C16H14ClNO2. The van der Waals surface area contributed by atoms with E-state index in [0.717, 1.165) is 11.3 Å². The van der Waals surface area contributed by atoms with Gasteiger partial charge in [-0.15, -0.1) is 11.6 Å². The first-order valence-electron chi connectivity index (χ1n) is 6.46. The zero-order valence-electron chi connectivity index (χ0n) is 10.8. The van der Waals surface area contributed by atoms with Crippen LogP contribution in [0.3, 0.4) is 0 Å². The third kappa shape index (κ3) is 2.37. The molecule has 0 fully saturated rings. The van der Waals surface area contributed by atoms with Crippen LogP contribution in [0.15, 0.2) is 54.6 Å². The van der Waals surface area contributed by atoms with Crippen molar-refractivity contribution in [3.8, 4) is 5.75 Å². The van der Waals surface area contributed by atoms with E-state index < -0.39 is 0 Å². The molecule has 0 radical (unpaired) electrons. The first kappa shape index (κ1) is 13.0. The summed E-state index contributed by atoms with van der Waals surface area (Å²) >= 11 is 5.71. The van der Waals surface area contributed by atoms with Crippen molar-refractivity contribution in [1.29, 1.82) is 0 Å². The molecular weight excluding hydrogens is 274 g/mol. The average molecular weight is 288 g/mol. The van der Waals surface area contributed by atoms with Crippen LogP contribution in [0.25, 0.3) is 0 Å². The lowest BCUT2D eigenvalue weighted by molar-refractivity contribution is -0.116. The molecule has 3 nitrogen and oxygen atoms in total. The molecule has 1 unspecified atom stereocenters. The van der Waals surface area contributed by atoms with Gasteiger partial charge in [0, 0.05) is 0 Å². The number of hydrogen-bond donors (Lipinski definition) is 0. The first-order valence-corrected chi connectivity index (χ1v) is 7.00. The lowest BCUT2D eigenvalue weighted by Crippen LogP contribution is -2.40. The van der Waals surface area contributed by atoms with Gasteiger partial charge in [0.05, 0.1) is 12.2 Å². The fraction of sp³-hybridized carbons (Fsp3) is 0.188. The third-order valence-corrected chi connectivity index (χ3v) is 3.59. The topological polar surface area (TPSA) is 29.5 Å². The lowest BCUT2D eigenvalue weighted by Gasteiger charge is -2.34. The van der Waals surface area contributed by atoms with Gasteiger partial charge in [-0.2, -0.15) is 0 Å². The summed E-state index contributed by atoms with van der Waals surface area (Å²) in [7, 11) is 0. The van der Waals surface area contributed by atoms with Crippen molar-refractivity contribution >= 4 is 23.2 Å². The third-order valence-electron chi connectivity index (χ3n) is 3.36. The quantitative estimate of drug-likeness (QED) is 0.793. The standard InChI is InChI=1S/C16H14ClNO2/c17-10-16(19)18-11-15(12-6-2-1-3-7-12)20-14-9-5-4-8-13(14)18/h1-9,15H,10-11H2. The monoisotopic (exact) mass is 287 g/mol. The van der Waals surface area contributed by atoms with Gasteiger partial charge >= 0.3 is 0 Å². The van der Waals surface area contributed by atoms with E-state index in [0.29, 0.717) is 12.3 Å². The fourth-order valence-corrected chi connectivity index (χ4v) is 2.53. The van der Waals surface area contributed by atoms with Gasteiger partial charge < -0.3 is 9.64 Å². The minimum absolute atomic E-state index is 0.0319. The van der Waals surface area contributed by atoms with Crippen molar-refractivity contribution in [2.45, 2.75) is 6.10 Å². The summed E-state index contributed by atoms with van der Waals surface area (Å²) in [5.41, 5.74) is 1.83. The van der Waals surface area contributed by atoms with E-state index in [1.807, 2.05) is 54.6 Å². The number of amides is 1. The van der Waals surface area contributed by atoms with Gasteiger partial charge in [0.1, 0.15) is 17.7 Å². The van der Waals surface area contributed by atoms with Crippen LogP contribution in [-0.2, 0) is 4.79 Å². The smallest absolute Gasteiger partial charge is 0.242 e. The highest BCUT2D eigenvalue weighted by atomic mass is 35.5. The van der Waals surface area contributed by atoms with Crippen molar-refractivity contribution in [2.75, 3.05) is 17.3 Å². The molecule has 1 amide bonds. The summed E-state index contributed by atoms with van der Waals surface area (Å²) in [5, 5.41) is 0. The van der Waals surface area contributed by atoms with Crippen LogP contribution in [0, 0.1) is 0 Å². The summed E-state index contributed by atoms with van der Waals surface area (Å²) in [5.74, 6) is 0.574. The van der Waals surface area contributed by atoms with Crippen LogP contribution >= 0.6 is 11.6 Å². The molecule has 0 bridgehead atoms. The highest BCUT2D eigenvalue weighted by Crippen LogP contribution is 2.37. The molecule has 2 aromatic rings. The maximum atomic E-state index is 12.0. The Labute approximate surface area is 122 Å². The summed E-state index contributed by atoms with van der Waals surface area (Å²) in [4.78, 5) is 13.7. The van der Waals surface area contributed by atoms with Crippen molar-refractivity contribution in [3.05, 3.63) is 60.2 Å². The van der Waals surface area contributed by atoms with E-state index in [-0.39, 0.29) is 17.9 Å². The SMILES string of the molecule is O=C(CCl)N1CC(c2ccccc2)Oc2ccccc21. The predicted octanol–water partition coefficient (Wildman–Crippen LogP) is 3.39. The number of carbonyl (C=O) groups excluding carboxylic acids is 1. The van der Waals surface area contributed by atoms with Crippen LogP contribution in [0.5, 0.6) is 5.75 Å². The summed E-state index contributed by atoms with van der Waals surface area (Å²) in [6.45, 7) is 0.479.